The van der Waals surface area contributed by atoms with E-state index in [-0.39, 0.29) is 0 Å². The molecule has 1 aromatic heterocycles. The van der Waals surface area contributed by atoms with Crippen molar-refractivity contribution in [1.29, 1.82) is 0 Å². The lowest BCUT2D eigenvalue weighted by molar-refractivity contribution is 0.297. The molecule has 1 aliphatic carbocycles. The van der Waals surface area contributed by atoms with Gasteiger partial charge in [0.1, 0.15) is 0 Å². The van der Waals surface area contributed by atoms with Crippen molar-refractivity contribution in [1.82, 2.24) is 9.97 Å². The van der Waals surface area contributed by atoms with Crippen molar-refractivity contribution >= 4 is 0 Å². The van der Waals surface area contributed by atoms with Gasteiger partial charge < -0.3 is 0 Å². The summed E-state index contributed by atoms with van der Waals surface area (Å²) in [5.74, 6) is 6.36. The topological polar surface area (TPSA) is 25.8 Å². The summed E-state index contributed by atoms with van der Waals surface area (Å²) in [7, 11) is 0. The predicted octanol–water partition coefficient (Wildman–Crippen LogP) is 5.94. The van der Waals surface area contributed by atoms with Crippen LogP contribution in [0.5, 0.6) is 0 Å². The van der Waals surface area contributed by atoms with Gasteiger partial charge in [0.2, 0.25) is 0 Å². The fourth-order valence-electron chi connectivity index (χ4n) is 3.51. The summed E-state index contributed by atoms with van der Waals surface area (Å²) in [5.41, 5.74) is 1.19. The van der Waals surface area contributed by atoms with E-state index in [0.29, 0.717) is 17.3 Å². The van der Waals surface area contributed by atoms with Crippen LogP contribution in [-0.2, 0) is 0 Å². The van der Waals surface area contributed by atoms with Gasteiger partial charge in [0, 0.05) is 23.9 Å². The lowest BCUT2D eigenvalue weighted by atomic mass is 9.80. The number of hydrogen-bond donors (Lipinski definition) is 0. The summed E-state index contributed by atoms with van der Waals surface area (Å²) >= 11 is 0. The second-order valence-electron chi connectivity index (χ2n) is 7.13. The summed E-state index contributed by atoms with van der Waals surface area (Å²) in [6, 6.07) is 3.64. The van der Waals surface area contributed by atoms with Crippen LogP contribution in [0.3, 0.4) is 0 Å². The van der Waals surface area contributed by atoms with Crippen LogP contribution in [0, 0.1) is 35.3 Å². The molecule has 1 aliphatic rings. The van der Waals surface area contributed by atoms with Crippen molar-refractivity contribution in [2.24, 2.45) is 11.8 Å². The van der Waals surface area contributed by atoms with Gasteiger partial charge in [0.25, 0.3) is 0 Å². The molecule has 0 saturated heterocycles. The highest BCUT2D eigenvalue weighted by molar-refractivity contribution is 5.55. The van der Waals surface area contributed by atoms with Gasteiger partial charge in [-0.3, -0.25) is 0 Å². The first-order valence-corrected chi connectivity index (χ1v) is 9.55. The van der Waals surface area contributed by atoms with Crippen molar-refractivity contribution < 1.29 is 8.78 Å². The third-order valence-electron chi connectivity index (χ3n) is 5.12. The molecule has 0 N–H and O–H groups in total. The molecule has 0 amide bonds. The Bertz CT molecular complexity index is 826. The monoisotopic (exact) mass is 366 g/mol. The number of benzene rings is 1. The van der Waals surface area contributed by atoms with E-state index in [1.54, 1.807) is 12.4 Å². The van der Waals surface area contributed by atoms with Crippen molar-refractivity contribution in [3.05, 3.63) is 60.4 Å². The Labute approximate surface area is 159 Å². The fraction of sp³-hybridized carbons (Fsp3) is 0.391. The van der Waals surface area contributed by atoms with Crippen LogP contribution in [0.4, 0.5) is 8.78 Å². The summed E-state index contributed by atoms with van der Waals surface area (Å²) in [5, 5.41) is 0. The fourth-order valence-corrected chi connectivity index (χ4v) is 3.51. The quantitative estimate of drug-likeness (QED) is 0.372. The molecule has 0 spiro atoms. The van der Waals surface area contributed by atoms with E-state index < -0.39 is 11.6 Å². The molecule has 0 atom stereocenters. The second-order valence-corrected chi connectivity index (χ2v) is 7.13. The maximum absolute atomic E-state index is 13.3. The van der Waals surface area contributed by atoms with Gasteiger partial charge in [0.15, 0.2) is 17.5 Å². The molecular weight excluding hydrogens is 342 g/mol. The van der Waals surface area contributed by atoms with Gasteiger partial charge in [-0.05, 0) is 62.6 Å². The first-order chi connectivity index (χ1) is 13.2. The van der Waals surface area contributed by atoms with E-state index in [1.807, 2.05) is 6.08 Å². The molecule has 4 heteroatoms. The summed E-state index contributed by atoms with van der Waals surface area (Å²) in [6.45, 7) is 3.78. The largest absolute Gasteiger partial charge is 0.235 e. The Hall–Kier alpha value is -2.54. The van der Waals surface area contributed by atoms with Gasteiger partial charge in [-0.15, -0.1) is 6.58 Å². The van der Waals surface area contributed by atoms with Crippen LogP contribution in [0.2, 0.25) is 0 Å². The van der Waals surface area contributed by atoms with Gasteiger partial charge >= 0.3 is 0 Å². The van der Waals surface area contributed by atoms with Crippen molar-refractivity contribution in [2.45, 2.75) is 44.9 Å². The third-order valence-corrected chi connectivity index (χ3v) is 5.12. The van der Waals surface area contributed by atoms with Crippen LogP contribution in [-0.4, -0.2) is 9.97 Å². The summed E-state index contributed by atoms with van der Waals surface area (Å²) < 4.78 is 26.3. The molecule has 0 unspecified atom stereocenters. The molecule has 1 saturated carbocycles. The molecule has 1 fully saturated rings. The Balaban J connectivity index is 1.55. The molecule has 1 heterocycles. The molecule has 3 rings (SSSR count). The Morgan fingerprint density at radius 2 is 1.81 bits per heavy atom. The normalized spacial score (nSPS) is 19.2. The maximum Gasteiger partial charge on any atom is 0.159 e. The van der Waals surface area contributed by atoms with Gasteiger partial charge in [-0.25, -0.2) is 18.7 Å². The van der Waals surface area contributed by atoms with E-state index in [2.05, 4.69) is 28.4 Å². The van der Waals surface area contributed by atoms with Crippen molar-refractivity contribution in [2.75, 3.05) is 0 Å². The van der Waals surface area contributed by atoms with E-state index in [9.17, 15) is 8.78 Å². The average Bonchev–Trinajstić information content (AvgIpc) is 2.70. The highest BCUT2D eigenvalue weighted by Gasteiger charge is 2.19. The molecule has 140 valence electrons. The van der Waals surface area contributed by atoms with Crippen LogP contribution >= 0.6 is 0 Å². The van der Waals surface area contributed by atoms with E-state index in [0.717, 1.165) is 42.9 Å². The zero-order valence-electron chi connectivity index (χ0n) is 15.4. The number of aromatic nitrogens is 2. The van der Waals surface area contributed by atoms with Crippen LogP contribution < -0.4 is 0 Å². The minimum Gasteiger partial charge on any atom is -0.235 e. The highest BCUT2D eigenvalue weighted by atomic mass is 19.2. The van der Waals surface area contributed by atoms with E-state index in [1.165, 1.54) is 31.7 Å². The van der Waals surface area contributed by atoms with E-state index >= 15 is 0 Å². The number of allylic oxidation sites excluding steroid dienone is 1. The zero-order chi connectivity index (χ0) is 19.1. The second kappa shape index (κ2) is 9.41. The first kappa shape index (κ1) is 19.2. The summed E-state index contributed by atoms with van der Waals surface area (Å²) in [6.07, 6.45) is 13.7. The van der Waals surface area contributed by atoms with Crippen LogP contribution in [0.25, 0.3) is 11.4 Å². The lowest BCUT2D eigenvalue weighted by Gasteiger charge is -2.25. The maximum atomic E-state index is 13.3. The van der Waals surface area contributed by atoms with E-state index in [4.69, 9.17) is 0 Å². The minimum atomic E-state index is -0.903. The van der Waals surface area contributed by atoms with Gasteiger partial charge in [-0.1, -0.05) is 24.3 Å². The molecule has 0 radical (unpaired) electrons. The van der Waals surface area contributed by atoms with Gasteiger partial charge in [0.05, 0.1) is 5.56 Å². The Morgan fingerprint density at radius 3 is 2.48 bits per heavy atom. The van der Waals surface area contributed by atoms with Crippen molar-refractivity contribution in [3.8, 4) is 23.2 Å². The zero-order valence-corrected chi connectivity index (χ0v) is 15.4. The SMILES string of the molecule is C=CCCC[C@H]1CC[C@H](C#Cc2cnc(-c3ccc(F)c(F)c3)nc2)CC1. The first-order valence-electron chi connectivity index (χ1n) is 9.55. The number of hydrogen-bond acceptors (Lipinski definition) is 2. The Kier molecular flexibility index (Phi) is 6.70. The third kappa shape index (κ3) is 5.47. The standard InChI is InChI=1S/C23H24F2N2/c1-2-3-4-5-17-6-8-18(9-7-17)10-11-19-15-26-23(27-16-19)20-12-13-21(24)22(25)14-20/h2,12-18H,1,3-9H2/t17-,18-. The van der Waals surface area contributed by atoms with Crippen LogP contribution in [0.1, 0.15) is 50.5 Å². The minimum absolute atomic E-state index is 0.361. The number of nitrogens with zero attached hydrogens (tertiary/aromatic N) is 2. The molecule has 0 bridgehead atoms. The number of halogens is 2. The molecule has 0 aliphatic heterocycles. The molecule has 2 aromatic rings. The smallest absolute Gasteiger partial charge is 0.159 e. The van der Waals surface area contributed by atoms with Gasteiger partial charge in [-0.2, -0.15) is 0 Å². The molecule has 1 aromatic carbocycles. The lowest BCUT2D eigenvalue weighted by Crippen LogP contribution is -2.13. The predicted molar refractivity (Wildman–Crippen MR) is 104 cm³/mol. The van der Waals surface area contributed by atoms with Crippen LogP contribution in [0.15, 0.2) is 43.2 Å². The Morgan fingerprint density at radius 1 is 1.07 bits per heavy atom. The molecular formula is C23H24F2N2. The van der Waals surface area contributed by atoms with Crippen molar-refractivity contribution in [3.63, 3.8) is 0 Å². The summed E-state index contributed by atoms with van der Waals surface area (Å²) in [4.78, 5) is 8.45. The highest BCUT2D eigenvalue weighted by Crippen LogP contribution is 2.31. The average molecular weight is 366 g/mol. The molecule has 2 nitrogen and oxygen atoms in total. The number of rotatable bonds is 5. The molecule has 27 heavy (non-hydrogen) atoms. The number of unbranched alkanes of at least 4 members (excludes halogenated alkanes) is 1.